The minimum absolute atomic E-state index is 0.0526. The number of tetrazole rings is 1. The van der Waals surface area contributed by atoms with Gasteiger partial charge in [-0.15, -0.1) is 10.2 Å². The minimum atomic E-state index is -0.0526. The van der Waals surface area contributed by atoms with E-state index in [1.807, 2.05) is 25.1 Å². The highest BCUT2D eigenvalue weighted by Gasteiger charge is 2.09. The van der Waals surface area contributed by atoms with Crippen molar-refractivity contribution >= 4 is 11.6 Å². The number of anilines is 1. The fourth-order valence-electron chi connectivity index (χ4n) is 1.63. The number of carbonyl (C=O) groups excluding carboxylic acids is 1. The van der Waals surface area contributed by atoms with E-state index in [1.54, 1.807) is 6.07 Å². The molecule has 1 unspecified atom stereocenters. The normalized spacial score (nSPS) is 12.1. The molecule has 0 spiro atoms. The van der Waals surface area contributed by atoms with E-state index < -0.39 is 0 Å². The molecule has 0 aliphatic heterocycles. The van der Waals surface area contributed by atoms with E-state index in [2.05, 4.69) is 25.9 Å². The number of nitrogens with one attached hydrogen (secondary N) is 2. The minimum Gasteiger partial charge on any atom is -0.330 e. The number of nitrogens with two attached hydrogens (primary N) is 1. The molecule has 0 radical (unpaired) electrons. The number of hydrogen-bond donors (Lipinski definition) is 3. The van der Waals surface area contributed by atoms with Crippen LogP contribution in [0.1, 0.15) is 13.3 Å². The van der Waals surface area contributed by atoms with Gasteiger partial charge in [-0.05, 0) is 29.8 Å². The average Bonchev–Trinajstić information content (AvgIpc) is 2.92. The largest absolute Gasteiger partial charge is 0.330 e. The molecule has 1 atom stereocenters. The van der Waals surface area contributed by atoms with Gasteiger partial charge in [0.1, 0.15) is 0 Å². The van der Waals surface area contributed by atoms with E-state index in [1.165, 1.54) is 0 Å². The predicted octanol–water partition coefficient (Wildman–Crippen LogP) is 0.790. The summed E-state index contributed by atoms with van der Waals surface area (Å²) in [6.07, 6.45) is 0.406. The van der Waals surface area contributed by atoms with E-state index in [0.29, 0.717) is 24.5 Å². The number of aromatic nitrogens is 4. The van der Waals surface area contributed by atoms with E-state index in [4.69, 9.17) is 5.73 Å². The molecule has 7 heteroatoms. The number of carbonyl (C=O) groups is 1. The molecule has 0 saturated carbocycles. The maximum Gasteiger partial charge on any atom is 0.224 e. The Morgan fingerprint density at radius 2 is 2.37 bits per heavy atom. The highest BCUT2D eigenvalue weighted by atomic mass is 16.1. The second-order valence-corrected chi connectivity index (χ2v) is 4.41. The summed E-state index contributed by atoms with van der Waals surface area (Å²) >= 11 is 0. The van der Waals surface area contributed by atoms with Gasteiger partial charge in [-0.25, -0.2) is 0 Å². The Labute approximate surface area is 110 Å². The highest BCUT2D eigenvalue weighted by Crippen LogP contribution is 2.18. The lowest BCUT2D eigenvalue weighted by Crippen LogP contribution is -2.20. The maximum atomic E-state index is 11.8. The summed E-state index contributed by atoms with van der Waals surface area (Å²) in [4.78, 5) is 11.8. The van der Waals surface area contributed by atoms with Crippen LogP contribution in [0.4, 0.5) is 5.69 Å². The van der Waals surface area contributed by atoms with Crippen LogP contribution in [0.5, 0.6) is 0 Å². The first-order chi connectivity index (χ1) is 9.19. The van der Waals surface area contributed by atoms with Crippen LogP contribution in [-0.2, 0) is 4.79 Å². The number of H-pyrrole nitrogens is 1. The topological polar surface area (TPSA) is 110 Å². The van der Waals surface area contributed by atoms with Gasteiger partial charge in [0.2, 0.25) is 11.7 Å². The van der Waals surface area contributed by atoms with E-state index >= 15 is 0 Å². The fourth-order valence-corrected chi connectivity index (χ4v) is 1.63. The molecule has 1 aromatic heterocycles. The first-order valence-electron chi connectivity index (χ1n) is 6.03. The van der Waals surface area contributed by atoms with Crippen molar-refractivity contribution in [2.75, 3.05) is 11.9 Å². The molecular formula is C12H16N6O. The summed E-state index contributed by atoms with van der Waals surface area (Å²) in [6.45, 7) is 2.44. The van der Waals surface area contributed by atoms with Crippen LogP contribution < -0.4 is 11.1 Å². The Morgan fingerprint density at radius 3 is 3.05 bits per heavy atom. The van der Waals surface area contributed by atoms with Crippen molar-refractivity contribution in [3.8, 4) is 11.4 Å². The zero-order chi connectivity index (χ0) is 13.7. The quantitative estimate of drug-likeness (QED) is 0.736. The first kappa shape index (κ1) is 13.2. The standard InChI is InChI=1S/C12H16N6O/c1-8(7-13)5-11(19)14-10-4-2-3-9(6-10)12-15-17-18-16-12/h2-4,6,8H,5,7,13H2,1H3,(H,14,19)(H,15,16,17,18). The molecule has 2 aromatic rings. The van der Waals surface area contributed by atoms with Crippen molar-refractivity contribution in [1.29, 1.82) is 0 Å². The zero-order valence-corrected chi connectivity index (χ0v) is 10.6. The van der Waals surface area contributed by atoms with Crippen LogP contribution in [-0.4, -0.2) is 33.1 Å². The van der Waals surface area contributed by atoms with Gasteiger partial charge in [0.05, 0.1) is 0 Å². The number of benzene rings is 1. The van der Waals surface area contributed by atoms with Crippen LogP contribution >= 0.6 is 0 Å². The Balaban J connectivity index is 2.05. The van der Waals surface area contributed by atoms with Gasteiger partial charge in [-0.3, -0.25) is 4.79 Å². The van der Waals surface area contributed by atoms with E-state index in [-0.39, 0.29) is 11.8 Å². The van der Waals surface area contributed by atoms with E-state index in [0.717, 1.165) is 5.56 Å². The van der Waals surface area contributed by atoms with Crippen molar-refractivity contribution < 1.29 is 4.79 Å². The summed E-state index contributed by atoms with van der Waals surface area (Å²) < 4.78 is 0. The van der Waals surface area contributed by atoms with Crippen LogP contribution in [0, 0.1) is 5.92 Å². The van der Waals surface area contributed by atoms with Gasteiger partial charge >= 0.3 is 0 Å². The number of rotatable bonds is 5. The highest BCUT2D eigenvalue weighted by molar-refractivity contribution is 5.91. The van der Waals surface area contributed by atoms with Crippen molar-refractivity contribution in [2.24, 2.45) is 11.7 Å². The van der Waals surface area contributed by atoms with Crippen molar-refractivity contribution in [3.05, 3.63) is 24.3 Å². The number of amides is 1. The Morgan fingerprint density at radius 1 is 1.53 bits per heavy atom. The van der Waals surface area contributed by atoms with E-state index in [9.17, 15) is 4.79 Å². The van der Waals surface area contributed by atoms with Gasteiger partial charge in [0.15, 0.2) is 0 Å². The molecule has 0 aliphatic carbocycles. The Kier molecular flexibility index (Phi) is 4.19. The lowest BCUT2D eigenvalue weighted by atomic mass is 10.1. The Bertz CT molecular complexity index is 539. The fraction of sp³-hybridized carbons (Fsp3) is 0.333. The van der Waals surface area contributed by atoms with Gasteiger partial charge in [-0.1, -0.05) is 19.1 Å². The number of hydrogen-bond acceptors (Lipinski definition) is 5. The monoisotopic (exact) mass is 260 g/mol. The van der Waals surface area contributed by atoms with Crippen molar-refractivity contribution in [1.82, 2.24) is 20.6 Å². The molecule has 0 saturated heterocycles. The SMILES string of the molecule is CC(CN)CC(=O)Nc1cccc(-c2nn[nH]n2)c1. The molecule has 1 aromatic carbocycles. The van der Waals surface area contributed by atoms with Crippen molar-refractivity contribution in [3.63, 3.8) is 0 Å². The lowest BCUT2D eigenvalue weighted by molar-refractivity contribution is -0.116. The molecule has 2 rings (SSSR count). The molecule has 100 valence electrons. The van der Waals surface area contributed by atoms with Gasteiger partial charge in [0.25, 0.3) is 0 Å². The molecule has 0 bridgehead atoms. The third-order valence-electron chi connectivity index (χ3n) is 2.69. The second-order valence-electron chi connectivity index (χ2n) is 4.41. The first-order valence-corrected chi connectivity index (χ1v) is 6.03. The predicted molar refractivity (Wildman–Crippen MR) is 71.1 cm³/mol. The average molecular weight is 260 g/mol. The Hall–Kier alpha value is -2.28. The summed E-state index contributed by atoms with van der Waals surface area (Å²) in [7, 11) is 0. The van der Waals surface area contributed by atoms with Crippen LogP contribution in [0.25, 0.3) is 11.4 Å². The van der Waals surface area contributed by atoms with Crippen LogP contribution in [0.15, 0.2) is 24.3 Å². The summed E-state index contributed by atoms with van der Waals surface area (Å²) in [6, 6.07) is 7.29. The zero-order valence-electron chi connectivity index (χ0n) is 10.6. The third-order valence-corrected chi connectivity index (χ3v) is 2.69. The summed E-state index contributed by atoms with van der Waals surface area (Å²) in [5, 5.41) is 16.5. The smallest absolute Gasteiger partial charge is 0.224 e. The molecule has 1 heterocycles. The molecule has 4 N–H and O–H groups in total. The summed E-state index contributed by atoms with van der Waals surface area (Å²) in [5.41, 5.74) is 6.99. The molecule has 0 aliphatic rings. The second kappa shape index (κ2) is 6.05. The maximum absolute atomic E-state index is 11.8. The molecular weight excluding hydrogens is 244 g/mol. The third kappa shape index (κ3) is 3.59. The molecule has 1 amide bonds. The molecule has 0 fully saturated rings. The number of aromatic amines is 1. The van der Waals surface area contributed by atoms with Crippen LogP contribution in [0.3, 0.4) is 0 Å². The summed E-state index contributed by atoms with van der Waals surface area (Å²) in [5.74, 6) is 0.607. The van der Waals surface area contributed by atoms with Gasteiger partial charge in [0, 0.05) is 17.7 Å². The lowest BCUT2D eigenvalue weighted by Gasteiger charge is -2.09. The number of nitrogens with zero attached hydrogens (tertiary/aromatic N) is 3. The molecule has 19 heavy (non-hydrogen) atoms. The van der Waals surface area contributed by atoms with Gasteiger partial charge in [-0.2, -0.15) is 5.21 Å². The van der Waals surface area contributed by atoms with Crippen molar-refractivity contribution in [2.45, 2.75) is 13.3 Å². The van der Waals surface area contributed by atoms with Gasteiger partial charge < -0.3 is 11.1 Å². The van der Waals surface area contributed by atoms with Crippen LogP contribution in [0.2, 0.25) is 0 Å². The molecule has 7 nitrogen and oxygen atoms in total.